The summed E-state index contributed by atoms with van der Waals surface area (Å²) in [6.07, 6.45) is 1.46. The standard InChI is InChI=1S/C9H19N3O2/c1-7(13)6-11-9(14)12-8-2-4-10-5-3-8/h7-8,10,13H,2-6H2,1H3,(H2,11,12,14). The first kappa shape index (κ1) is 11.3. The van der Waals surface area contributed by atoms with Crippen LogP contribution >= 0.6 is 0 Å². The van der Waals surface area contributed by atoms with Crippen molar-refractivity contribution in [1.82, 2.24) is 16.0 Å². The Kier molecular flexibility index (Phi) is 4.69. The first-order chi connectivity index (χ1) is 6.68. The minimum Gasteiger partial charge on any atom is -0.392 e. The summed E-state index contributed by atoms with van der Waals surface area (Å²) >= 11 is 0. The summed E-state index contributed by atoms with van der Waals surface area (Å²) in [5.74, 6) is 0. The number of hydrogen-bond acceptors (Lipinski definition) is 3. The lowest BCUT2D eigenvalue weighted by Gasteiger charge is -2.23. The van der Waals surface area contributed by atoms with Gasteiger partial charge in [0.15, 0.2) is 0 Å². The van der Waals surface area contributed by atoms with Gasteiger partial charge in [0.05, 0.1) is 6.10 Å². The van der Waals surface area contributed by atoms with Gasteiger partial charge in [0.2, 0.25) is 0 Å². The van der Waals surface area contributed by atoms with Crippen molar-refractivity contribution in [2.45, 2.75) is 31.9 Å². The normalized spacial score (nSPS) is 20.1. The van der Waals surface area contributed by atoms with Gasteiger partial charge in [-0.2, -0.15) is 0 Å². The fraction of sp³-hybridized carbons (Fsp3) is 0.889. The van der Waals surface area contributed by atoms with Crippen LogP contribution in [0.15, 0.2) is 0 Å². The molecule has 0 aromatic rings. The topological polar surface area (TPSA) is 73.4 Å². The molecule has 1 atom stereocenters. The average Bonchev–Trinajstić information content (AvgIpc) is 2.16. The molecule has 1 rings (SSSR count). The fourth-order valence-electron chi connectivity index (χ4n) is 1.44. The Balaban J connectivity index is 2.12. The zero-order chi connectivity index (χ0) is 10.4. The van der Waals surface area contributed by atoms with E-state index in [-0.39, 0.29) is 12.1 Å². The maximum absolute atomic E-state index is 11.3. The van der Waals surface area contributed by atoms with Crippen LogP contribution in [0.4, 0.5) is 4.79 Å². The minimum atomic E-state index is -0.492. The first-order valence-corrected chi connectivity index (χ1v) is 5.11. The second-order valence-corrected chi connectivity index (χ2v) is 3.73. The summed E-state index contributed by atoms with van der Waals surface area (Å²) in [5, 5.41) is 17.7. The molecule has 5 nitrogen and oxygen atoms in total. The van der Waals surface area contributed by atoms with E-state index < -0.39 is 6.10 Å². The molecule has 0 spiro atoms. The van der Waals surface area contributed by atoms with E-state index in [1.54, 1.807) is 6.92 Å². The van der Waals surface area contributed by atoms with E-state index >= 15 is 0 Å². The summed E-state index contributed by atoms with van der Waals surface area (Å²) in [7, 11) is 0. The van der Waals surface area contributed by atoms with Crippen LogP contribution in [-0.2, 0) is 0 Å². The molecule has 82 valence electrons. The molecule has 2 amide bonds. The van der Waals surface area contributed by atoms with Crippen molar-refractivity contribution in [1.29, 1.82) is 0 Å². The van der Waals surface area contributed by atoms with Crippen molar-refractivity contribution >= 4 is 6.03 Å². The predicted molar refractivity (Wildman–Crippen MR) is 54.1 cm³/mol. The summed E-state index contributed by atoms with van der Waals surface area (Å²) < 4.78 is 0. The monoisotopic (exact) mass is 201 g/mol. The number of rotatable bonds is 3. The van der Waals surface area contributed by atoms with Crippen molar-refractivity contribution in [3.05, 3.63) is 0 Å². The summed E-state index contributed by atoms with van der Waals surface area (Å²) in [4.78, 5) is 11.3. The number of hydrogen-bond donors (Lipinski definition) is 4. The van der Waals surface area contributed by atoms with Crippen LogP contribution in [0.25, 0.3) is 0 Å². The Morgan fingerprint density at radius 2 is 2.21 bits per heavy atom. The van der Waals surface area contributed by atoms with E-state index in [4.69, 9.17) is 5.11 Å². The second-order valence-electron chi connectivity index (χ2n) is 3.73. The average molecular weight is 201 g/mol. The van der Waals surface area contributed by atoms with Crippen LogP contribution in [0.3, 0.4) is 0 Å². The van der Waals surface area contributed by atoms with Crippen molar-refractivity contribution < 1.29 is 9.90 Å². The molecule has 0 aromatic carbocycles. The lowest BCUT2D eigenvalue weighted by molar-refractivity contribution is 0.186. The smallest absolute Gasteiger partial charge is 0.315 e. The third-order valence-corrected chi connectivity index (χ3v) is 2.23. The minimum absolute atomic E-state index is 0.183. The number of aliphatic hydroxyl groups is 1. The van der Waals surface area contributed by atoms with Crippen molar-refractivity contribution in [3.8, 4) is 0 Å². The summed E-state index contributed by atoms with van der Waals surface area (Å²) in [5.41, 5.74) is 0. The number of aliphatic hydroxyl groups excluding tert-OH is 1. The molecule has 4 N–H and O–H groups in total. The highest BCUT2D eigenvalue weighted by Gasteiger charge is 2.14. The molecular formula is C9H19N3O2. The van der Waals surface area contributed by atoms with Gasteiger partial charge in [0.1, 0.15) is 0 Å². The Hall–Kier alpha value is -0.810. The van der Waals surface area contributed by atoms with Gasteiger partial charge in [-0.05, 0) is 32.9 Å². The van der Waals surface area contributed by atoms with Gasteiger partial charge in [-0.25, -0.2) is 4.79 Å². The number of nitrogens with one attached hydrogen (secondary N) is 3. The van der Waals surface area contributed by atoms with Gasteiger partial charge in [-0.1, -0.05) is 0 Å². The molecule has 0 radical (unpaired) electrons. The lowest BCUT2D eigenvalue weighted by Crippen LogP contribution is -2.47. The Morgan fingerprint density at radius 1 is 1.57 bits per heavy atom. The van der Waals surface area contributed by atoms with E-state index in [0.29, 0.717) is 6.54 Å². The van der Waals surface area contributed by atoms with Gasteiger partial charge < -0.3 is 21.1 Å². The highest BCUT2D eigenvalue weighted by atomic mass is 16.3. The molecule has 0 saturated carbocycles. The molecular weight excluding hydrogens is 182 g/mol. The van der Waals surface area contributed by atoms with Crippen LogP contribution in [0.2, 0.25) is 0 Å². The number of piperidine rings is 1. The second kappa shape index (κ2) is 5.82. The van der Waals surface area contributed by atoms with Gasteiger partial charge in [-0.3, -0.25) is 0 Å². The Morgan fingerprint density at radius 3 is 2.79 bits per heavy atom. The molecule has 1 aliphatic heterocycles. The molecule has 0 bridgehead atoms. The highest BCUT2D eigenvalue weighted by molar-refractivity contribution is 5.74. The Bertz CT molecular complexity index is 179. The number of amides is 2. The van der Waals surface area contributed by atoms with Gasteiger partial charge in [0, 0.05) is 12.6 Å². The van der Waals surface area contributed by atoms with Crippen LogP contribution < -0.4 is 16.0 Å². The van der Waals surface area contributed by atoms with E-state index in [0.717, 1.165) is 25.9 Å². The molecule has 1 heterocycles. The lowest BCUT2D eigenvalue weighted by atomic mass is 10.1. The highest BCUT2D eigenvalue weighted by Crippen LogP contribution is 2.00. The molecule has 0 aliphatic carbocycles. The maximum atomic E-state index is 11.3. The van der Waals surface area contributed by atoms with Crippen molar-refractivity contribution in [2.75, 3.05) is 19.6 Å². The summed E-state index contributed by atoms with van der Waals surface area (Å²) in [6.45, 7) is 3.87. The van der Waals surface area contributed by atoms with Gasteiger partial charge >= 0.3 is 6.03 Å². The number of urea groups is 1. The van der Waals surface area contributed by atoms with Gasteiger partial charge in [-0.15, -0.1) is 0 Å². The molecule has 14 heavy (non-hydrogen) atoms. The quantitative estimate of drug-likeness (QED) is 0.493. The third-order valence-electron chi connectivity index (χ3n) is 2.23. The third kappa shape index (κ3) is 4.43. The zero-order valence-corrected chi connectivity index (χ0v) is 8.55. The maximum Gasteiger partial charge on any atom is 0.315 e. The zero-order valence-electron chi connectivity index (χ0n) is 8.55. The van der Waals surface area contributed by atoms with Gasteiger partial charge in [0.25, 0.3) is 0 Å². The molecule has 1 unspecified atom stereocenters. The molecule has 0 aromatic heterocycles. The predicted octanol–water partition coefficient (Wildman–Crippen LogP) is -0.582. The number of carbonyl (C=O) groups is 1. The number of carbonyl (C=O) groups excluding carboxylic acids is 1. The van der Waals surface area contributed by atoms with E-state index in [1.807, 2.05) is 0 Å². The molecule has 1 aliphatic rings. The largest absolute Gasteiger partial charge is 0.392 e. The fourth-order valence-corrected chi connectivity index (χ4v) is 1.44. The van der Waals surface area contributed by atoms with E-state index in [1.165, 1.54) is 0 Å². The van der Waals surface area contributed by atoms with Crippen molar-refractivity contribution in [3.63, 3.8) is 0 Å². The van der Waals surface area contributed by atoms with Crippen molar-refractivity contribution in [2.24, 2.45) is 0 Å². The summed E-state index contributed by atoms with van der Waals surface area (Å²) in [6, 6.07) is 0.0862. The Labute approximate surface area is 84.3 Å². The van der Waals surface area contributed by atoms with Crippen LogP contribution in [0.1, 0.15) is 19.8 Å². The molecule has 1 fully saturated rings. The first-order valence-electron chi connectivity index (χ1n) is 5.11. The van der Waals surface area contributed by atoms with Crippen LogP contribution in [-0.4, -0.2) is 42.9 Å². The van der Waals surface area contributed by atoms with E-state index in [9.17, 15) is 4.79 Å². The van der Waals surface area contributed by atoms with Crippen LogP contribution in [0, 0.1) is 0 Å². The molecule has 1 saturated heterocycles. The van der Waals surface area contributed by atoms with E-state index in [2.05, 4.69) is 16.0 Å². The molecule has 5 heteroatoms. The SMILES string of the molecule is CC(O)CNC(=O)NC1CCNCC1. The van der Waals surface area contributed by atoms with Crippen LogP contribution in [0.5, 0.6) is 0 Å².